The topological polar surface area (TPSA) is 24.9 Å². The van der Waals surface area contributed by atoms with E-state index in [4.69, 9.17) is 0 Å². The number of hydrogen-bond acceptors (Lipinski definition) is 2. The molecule has 0 aromatic carbocycles. The van der Waals surface area contributed by atoms with E-state index in [0.29, 0.717) is 0 Å². The molecule has 1 atom stereocenters. The minimum atomic E-state index is 0.224. The summed E-state index contributed by atoms with van der Waals surface area (Å²) in [5, 5.41) is 3.53. The van der Waals surface area contributed by atoms with Crippen molar-refractivity contribution in [3.8, 4) is 0 Å². The van der Waals surface area contributed by atoms with Crippen LogP contribution in [0.4, 0.5) is 0 Å². The predicted molar refractivity (Wildman–Crippen MR) is 63.1 cm³/mol. The van der Waals surface area contributed by atoms with Crippen LogP contribution in [0.3, 0.4) is 0 Å². The quantitative estimate of drug-likeness (QED) is 0.799. The van der Waals surface area contributed by atoms with E-state index in [0.717, 1.165) is 19.5 Å². The van der Waals surface area contributed by atoms with Crippen molar-refractivity contribution < 1.29 is 0 Å². The molecule has 0 saturated carbocycles. The average Bonchev–Trinajstić information content (AvgIpc) is 2.40. The molecule has 0 fully saturated rings. The average molecular weight is 204 g/mol. The molecule has 0 spiro atoms. The van der Waals surface area contributed by atoms with Crippen LogP contribution in [0.1, 0.15) is 37.9 Å². The molecule has 1 unspecified atom stereocenters. The van der Waals surface area contributed by atoms with E-state index in [-0.39, 0.29) is 5.41 Å². The highest BCUT2D eigenvalue weighted by Crippen LogP contribution is 2.30. The standard InChI is InChI=1S/C13H20N2/c1-3-7-13(2)10-14-9-6-11-5-4-8-15-12(11)13/h4-5,8,14H,3,6-7,9-10H2,1-2H3. The van der Waals surface area contributed by atoms with Gasteiger partial charge in [-0.15, -0.1) is 0 Å². The highest BCUT2D eigenvalue weighted by atomic mass is 14.9. The molecule has 1 aromatic heterocycles. The molecule has 1 aliphatic heterocycles. The van der Waals surface area contributed by atoms with Gasteiger partial charge in [0.25, 0.3) is 0 Å². The molecule has 1 aliphatic rings. The van der Waals surface area contributed by atoms with E-state index >= 15 is 0 Å². The first-order valence-corrected chi connectivity index (χ1v) is 5.91. The first-order chi connectivity index (χ1) is 7.26. The van der Waals surface area contributed by atoms with Crippen LogP contribution in [0.15, 0.2) is 18.3 Å². The summed E-state index contributed by atoms with van der Waals surface area (Å²) < 4.78 is 0. The van der Waals surface area contributed by atoms with Gasteiger partial charge in [0.2, 0.25) is 0 Å². The highest BCUT2D eigenvalue weighted by Gasteiger charge is 2.30. The molecule has 0 radical (unpaired) electrons. The fourth-order valence-electron chi connectivity index (χ4n) is 2.61. The fourth-order valence-corrected chi connectivity index (χ4v) is 2.61. The lowest BCUT2D eigenvalue weighted by Gasteiger charge is -2.28. The maximum absolute atomic E-state index is 4.61. The lowest BCUT2D eigenvalue weighted by atomic mass is 9.80. The second-order valence-electron chi connectivity index (χ2n) is 4.75. The Bertz CT molecular complexity index is 335. The Morgan fingerprint density at radius 3 is 3.20 bits per heavy atom. The summed E-state index contributed by atoms with van der Waals surface area (Å²) in [5.74, 6) is 0. The van der Waals surface area contributed by atoms with Gasteiger partial charge >= 0.3 is 0 Å². The molecule has 0 aliphatic carbocycles. The maximum atomic E-state index is 4.61. The van der Waals surface area contributed by atoms with E-state index < -0.39 is 0 Å². The second-order valence-corrected chi connectivity index (χ2v) is 4.75. The summed E-state index contributed by atoms with van der Waals surface area (Å²) >= 11 is 0. The van der Waals surface area contributed by atoms with Gasteiger partial charge in [-0.05, 0) is 31.0 Å². The molecule has 2 heterocycles. The van der Waals surface area contributed by atoms with Crippen molar-refractivity contribution in [3.63, 3.8) is 0 Å². The van der Waals surface area contributed by atoms with Crippen molar-refractivity contribution >= 4 is 0 Å². The van der Waals surface area contributed by atoms with E-state index in [9.17, 15) is 0 Å². The van der Waals surface area contributed by atoms with Gasteiger partial charge in [0.15, 0.2) is 0 Å². The summed E-state index contributed by atoms with van der Waals surface area (Å²) in [6, 6.07) is 4.28. The SMILES string of the molecule is CCCC1(C)CNCCc2cccnc21. The van der Waals surface area contributed by atoms with Crippen molar-refractivity contribution in [3.05, 3.63) is 29.6 Å². The lowest BCUT2D eigenvalue weighted by molar-refractivity contribution is 0.399. The summed E-state index contributed by atoms with van der Waals surface area (Å²) in [7, 11) is 0. The van der Waals surface area contributed by atoms with Gasteiger partial charge < -0.3 is 5.32 Å². The van der Waals surface area contributed by atoms with Crippen molar-refractivity contribution in [1.82, 2.24) is 10.3 Å². The minimum absolute atomic E-state index is 0.224. The van der Waals surface area contributed by atoms with Crippen LogP contribution >= 0.6 is 0 Å². The monoisotopic (exact) mass is 204 g/mol. The molecule has 0 saturated heterocycles. The lowest BCUT2D eigenvalue weighted by Crippen LogP contribution is -2.34. The summed E-state index contributed by atoms with van der Waals surface area (Å²) in [4.78, 5) is 4.61. The molecule has 15 heavy (non-hydrogen) atoms. The summed E-state index contributed by atoms with van der Waals surface area (Å²) in [6.45, 7) is 6.72. The van der Waals surface area contributed by atoms with Crippen LogP contribution in [-0.2, 0) is 11.8 Å². The van der Waals surface area contributed by atoms with Crippen LogP contribution in [0, 0.1) is 0 Å². The smallest absolute Gasteiger partial charge is 0.0507 e. The van der Waals surface area contributed by atoms with Crippen molar-refractivity contribution in [1.29, 1.82) is 0 Å². The number of hydrogen-bond donors (Lipinski definition) is 1. The third-order valence-electron chi connectivity index (χ3n) is 3.35. The molecule has 82 valence electrons. The van der Waals surface area contributed by atoms with E-state index in [1.807, 2.05) is 6.20 Å². The molecular formula is C13H20N2. The van der Waals surface area contributed by atoms with Crippen molar-refractivity contribution in [2.24, 2.45) is 0 Å². The van der Waals surface area contributed by atoms with Crippen molar-refractivity contribution in [2.75, 3.05) is 13.1 Å². The Hall–Kier alpha value is -0.890. The maximum Gasteiger partial charge on any atom is 0.0507 e. The van der Waals surface area contributed by atoms with Crippen LogP contribution in [0.25, 0.3) is 0 Å². The van der Waals surface area contributed by atoms with Gasteiger partial charge in [-0.1, -0.05) is 26.3 Å². The molecule has 1 N–H and O–H groups in total. The zero-order valence-electron chi connectivity index (χ0n) is 9.71. The minimum Gasteiger partial charge on any atom is -0.315 e. The Morgan fingerprint density at radius 1 is 1.53 bits per heavy atom. The van der Waals surface area contributed by atoms with Crippen LogP contribution in [0.5, 0.6) is 0 Å². The van der Waals surface area contributed by atoms with Gasteiger partial charge in [-0.3, -0.25) is 4.98 Å². The normalized spacial score (nSPS) is 25.7. The molecular weight excluding hydrogens is 184 g/mol. The molecule has 2 heteroatoms. The number of fused-ring (bicyclic) bond motifs is 1. The molecule has 0 amide bonds. The van der Waals surface area contributed by atoms with E-state index in [1.165, 1.54) is 24.1 Å². The Labute approximate surface area is 92.1 Å². The van der Waals surface area contributed by atoms with Crippen LogP contribution < -0.4 is 5.32 Å². The molecule has 0 bridgehead atoms. The first-order valence-electron chi connectivity index (χ1n) is 5.91. The zero-order chi connectivity index (χ0) is 10.7. The number of nitrogens with zero attached hydrogens (tertiary/aromatic N) is 1. The fraction of sp³-hybridized carbons (Fsp3) is 0.615. The third-order valence-corrected chi connectivity index (χ3v) is 3.35. The van der Waals surface area contributed by atoms with E-state index in [2.05, 4.69) is 36.3 Å². The Morgan fingerprint density at radius 2 is 2.40 bits per heavy atom. The third kappa shape index (κ3) is 2.05. The Balaban J connectivity index is 2.40. The first kappa shape index (κ1) is 10.6. The number of aromatic nitrogens is 1. The molecule has 2 rings (SSSR count). The van der Waals surface area contributed by atoms with Gasteiger partial charge in [0.1, 0.15) is 0 Å². The van der Waals surface area contributed by atoms with Crippen LogP contribution in [0.2, 0.25) is 0 Å². The summed E-state index contributed by atoms with van der Waals surface area (Å²) in [5.41, 5.74) is 2.97. The number of nitrogens with one attached hydrogen (secondary N) is 1. The Kier molecular flexibility index (Phi) is 3.06. The molecule has 2 nitrogen and oxygen atoms in total. The van der Waals surface area contributed by atoms with Gasteiger partial charge in [0, 0.05) is 18.2 Å². The van der Waals surface area contributed by atoms with Gasteiger partial charge in [-0.25, -0.2) is 0 Å². The highest BCUT2D eigenvalue weighted by molar-refractivity contribution is 5.29. The molecule has 1 aromatic rings. The predicted octanol–water partition coefficient (Wildman–Crippen LogP) is 2.29. The largest absolute Gasteiger partial charge is 0.315 e. The second kappa shape index (κ2) is 4.31. The van der Waals surface area contributed by atoms with Crippen LogP contribution in [-0.4, -0.2) is 18.1 Å². The van der Waals surface area contributed by atoms with Gasteiger partial charge in [0.05, 0.1) is 5.69 Å². The van der Waals surface area contributed by atoms with Gasteiger partial charge in [-0.2, -0.15) is 0 Å². The number of pyridine rings is 1. The van der Waals surface area contributed by atoms with E-state index in [1.54, 1.807) is 0 Å². The zero-order valence-corrected chi connectivity index (χ0v) is 9.71. The number of rotatable bonds is 2. The van der Waals surface area contributed by atoms with Crippen molar-refractivity contribution in [2.45, 2.75) is 38.5 Å². The summed E-state index contributed by atoms with van der Waals surface area (Å²) in [6.07, 6.45) is 5.47.